The van der Waals surface area contributed by atoms with E-state index >= 15 is 0 Å². The Morgan fingerprint density at radius 2 is 1.65 bits per heavy atom. The van der Waals surface area contributed by atoms with Gasteiger partial charge in [-0.1, -0.05) is 58.8 Å². The fraction of sp³-hybridized carbons (Fsp3) is 0.586. The maximum atomic E-state index is 13.0. The number of aromatic nitrogens is 2. The molecule has 1 aliphatic rings. The van der Waals surface area contributed by atoms with E-state index in [4.69, 9.17) is 4.74 Å². The zero-order chi connectivity index (χ0) is 24.2. The SMILES string of the molecule is CCCCCCC[C@H]1CC[C@@](C#N)(C(=O)Oc2ccc(-c3ncc(CCCC)cn3)cc2)CC1. The summed E-state index contributed by atoms with van der Waals surface area (Å²) in [5, 5.41) is 9.85. The number of unbranched alkanes of at least 4 members (excludes halogenated alkanes) is 5. The van der Waals surface area contributed by atoms with Gasteiger partial charge in [0.25, 0.3) is 0 Å². The van der Waals surface area contributed by atoms with Crippen LogP contribution in [0.15, 0.2) is 36.7 Å². The third-order valence-corrected chi connectivity index (χ3v) is 7.13. The molecule has 1 heterocycles. The number of benzene rings is 1. The van der Waals surface area contributed by atoms with Crippen molar-refractivity contribution in [1.82, 2.24) is 9.97 Å². The normalized spacial score (nSPS) is 20.0. The van der Waals surface area contributed by atoms with Crippen LogP contribution < -0.4 is 4.74 Å². The van der Waals surface area contributed by atoms with E-state index in [-0.39, 0.29) is 0 Å². The molecule has 1 aromatic heterocycles. The molecule has 0 amide bonds. The van der Waals surface area contributed by atoms with Crippen LogP contribution in [0.1, 0.15) is 96.5 Å². The molecule has 0 bridgehead atoms. The number of nitriles is 1. The quantitative estimate of drug-likeness (QED) is 0.186. The Hall–Kier alpha value is -2.74. The summed E-state index contributed by atoms with van der Waals surface area (Å²) in [7, 11) is 0. The predicted molar refractivity (Wildman–Crippen MR) is 135 cm³/mol. The first-order valence-corrected chi connectivity index (χ1v) is 13.1. The molecule has 0 radical (unpaired) electrons. The molecule has 1 saturated carbocycles. The third kappa shape index (κ3) is 7.13. The Labute approximate surface area is 205 Å². The molecule has 1 aromatic carbocycles. The monoisotopic (exact) mass is 461 g/mol. The van der Waals surface area contributed by atoms with E-state index in [0.29, 0.717) is 30.3 Å². The molecule has 5 heteroatoms. The molecule has 1 aliphatic carbocycles. The first-order chi connectivity index (χ1) is 16.6. The minimum absolute atomic E-state index is 0.416. The van der Waals surface area contributed by atoms with Gasteiger partial charge in [0.1, 0.15) is 5.75 Å². The molecule has 0 aliphatic heterocycles. The Bertz CT molecular complexity index is 923. The van der Waals surface area contributed by atoms with Crippen molar-refractivity contribution < 1.29 is 9.53 Å². The van der Waals surface area contributed by atoms with Crippen molar-refractivity contribution in [3.8, 4) is 23.2 Å². The second-order valence-corrected chi connectivity index (χ2v) is 9.77. The van der Waals surface area contributed by atoms with Crippen molar-refractivity contribution in [3.05, 3.63) is 42.2 Å². The number of esters is 1. The molecule has 2 aromatic rings. The highest BCUT2D eigenvalue weighted by atomic mass is 16.5. The maximum absolute atomic E-state index is 13.0. The number of rotatable bonds is 12. The largest absolute Gasteiger partial charge is 0.425 e. The minimum Gasteiger partial charge on any atom is -0.425 e. The Morgan fingerprint density at radius 3 is 2.26 bits per heavy atom. The average molecular weight is 462 g/mol. The summed E-state index contributed by atoms with van der Waals surface area (Å²) in [6.45, 7) is 4.40. The maximum Gasteiger partial charge on any atom is 0.331 e. The summed E-state index contributed by atoms with van der Waals surface area (Å²) in [4.78, 5) is 21.9. The highest BCUT2D eigenvalue weighted by molar-refractivity contribution is 5.82. The lowest BCUT2D eigenvalue weighted by atomic mass is 9.70. The lowest BCUT2D eigenvalue weighted by Gasteiger charge is -2.33. The number of aryl methyl sites for hydroxylation is 1. The van der Waals surface area contributed by atoms with Gasteiger partial charge in [-0.05, 0) is 74.3 Å². The van der Waals surface area contributed by atoms with Crippen LogP contribution in [0, 0.1) is 22.7 Å². The molecule has 0 unspecified atom stereocenters. The average Bonchev–Trinajstić information content (AvgIpc) is 2.88. The van der Waals surface area contributed by atoms with Gasteiger partial charge in [-0.15, -0.1) is 0 Å². The Kier molecular flexibility index (Phi) is 10.1. The number of carbonyl (C=O) groups is 1. The van der Waals surface area contributed by atoms with Crippen molar-refractivity contribution in [2.24, 2.45) is 11.3 Å². The van der Waals surface area contributed by atoms with E-state index < -0.39 is 11.4 Å². The molecule has 0 spiro atoms. The predicted octanol–water partition coefficient (Wildman–Crippen LogP) is 7.45. The van der Waals surface area contributed by atoms with Crippen LogP contribution in [0.5, 0.6) is 5.75 Å². The van der Waals surface area contributed by atoms with Crippen LogP contribution in [0.2, 0.25) is 0 Å². The van der Waals surface area contributed by atoms with Gasteiger partial charge in [0.2, 0.25) is 0 Å². The van der Waals surface area contributed by atoms with Crippen molar-refractivity contribution in [2.45, 2.75) is 97.3 Å². The van der Waals surface area contributed by atoms with Gasteiger partial charge in [0, 0.05) is 18.0 Å². The number of hydrogen-bond acceptors (Lipinski definition) is 5. The summed E-state index contributed by atoms with van der Waals surface area (Å²) in [6, 6.07) is 9.54. The van der Waals surface area contributed by atoms with Gasteiger partial charge in [-0.3, -0.25) is 0 Å². The van der Waals surface area contributed by atoms with Gasteiger partial charge in [-0.25, -0.2) is 14.8 Å². The second kappa shape index (κ2) is 13.2. The number of ether oxygens (including phenoxy) is 1. The van der Waals surface area contributed by atoms with E-state index in [1.807, 2.05) is 24.5 Å². The third-order valence-electron chi connectivity index (χ3n) is 7.13. The zero-order valence-electron chi connectivity index (χ0n) is 20.9. The first-order valence-electron chi connectivity index (χ1n) is 13.1. The van der Waals surface area contributed by atoms with E-state index in [9.17, 15) is 10.1 Å². The van der Waals surface area contributed by atoms with Crippen LogP contribution in [0.4, 0.5) is 0 Å². The molecule has 34 heavy (non-hydrogen) atoms. The van der Waals surface area contributed by atoms with Gasteiger partial charge >= 0.3 is 5.97 Å². The van der Waals surface area contributed by atoms with Gasteiger partial charge in [0.05, 0.1) is 6.07 Å². The Balaban J connectivity index is 1.52. The van der Waals surface area contributed by atoms with E-state index in [1.165, 1.54) is 38.5 Å². The van der Waals surface area contributed by atoms with E-state index in [2.05, 4.69) is 29.9 Å². The van der Waals surface area contributed by atoms with Crippen LogP contribution >= 0.6 is 0 Å². The fourth-order valence-electron chi connectivity index (χ4n) is 4.75. The number of nitrogens with zero attached hydrogens (tertiary/aromatic N) is 3. The number of hydrogen-bond donors (Lipinski definition) is 0. The van der Waals surface area contributed by atoms with Crippen LogP contribution in [-0.2, 0) is 11.2 Å². The summed E-state index contributed by atoms with van der Waals surface area (Å²) in [6.07, 6.45) is 17.7. The van der Waals surface area contributed by atoms with Crippen molar-refractivity contribution >= 4 is 5.97 Å². The molecular formula is C29H39N3O2. The molecule has 182 valence electrons. The van der Waals surface area contributed by atoms with Crippen LogP contribution in [-0.4, -0.2) is 15.9 Å². The fourth-order valence-corrected chi connectivity index (χ4v) is 4.75. The standard InChI is InChI=1S/C29H39N3O2/c1-3-5-7-8-9-11-23-16-18-29(22-30,19-17-23)28(33)34-26-14-12-25(13-15-26)27-31-20-24(21-32-27)10-6-4-2/h12-15,20-21,23H,3-11,16-19H2,1-2H3/t23-,29+. The number of carbonyl (C=O) groups excluding carboxylic acids is 1. The van der Waals surface area contributed by atoms with Crippen LogP contribution in [0.25, 0.3) is 11.4 Å². The lowest BCUT2D eigenvalue weighted by Crippen LogP contribution is -2.37. The van der Waals surface area contributed by atoms with Gasteiger partial charge in [0.15, 0.2) is 11.2 Å². The zero-order valence-corrected chi connectivity index (χ0v) is 20.9. The Morgan fingerprint density at radius 1 is 1.00 bits per heavy atom. The summed E-state index contributed by atoms with van der Waals surface area (Å²) >= 11 is 0. The van der Waals surface area contributed by atoms with Crippen molar-refractivity contribution in [1.29, 1.82) is 5.26 Å². The summed E-state index contributed by atoms with van der Waals surface area (Å²) in [5.41, 5.74) is 0.995. The molecule has 0 atom stereocenters. The molecule has 0 N–H and O–H groups in total. The van der Waals surface area contributed by atoms with E-state index in [0.717, 1.165) is 43.2 Å². The molecule has 3 rings (SSSR count). The van der Waals surface area contributed by atoms with Gasteiger partial charge < -0.3 is 4.74 Å². The summed E-state index contributed by atoms with van der Waals surface area (Å²) in [5.74, 6) is 1.32. The molecule has 5 nitrogen and oxygen atoms in total. The molecule has 1 fully saturated rings. The van der Waals surface area contributed by atoms with Crippen LogP contribution in [0.3, 0.4) is 0 Å². The summed E-state index contributed by atoms with van der Waals surface area (Å²) < 4.78 is 5.66. The highest BCUT2D eigenvalue weighted by Crippen LogP contribution is 2.41. The van der Waals surface area contributed by atoms with Gasteiger partial charge in [-0.2, -0.15) is 5.26 Å². The lowest BCUT2D eigenvalue weighted by molar-refractivity contribution is -0.144. The second-order valence-electron chi connectivity index (χ2n) is 9.77. The van der Waals surface area contributed by atoms with Crippen molar-refractivity contribution in [2.75, 3.05) is 0 Å². The molecular weight excluding hydrogens is 422 g/mol. The van der Waals surface area contributed by atoms with E-state index in [1.54, 1.807) is 12.1 Å². The highest BCUT2D eigenvalue weighted by Gasteiger charge is 2.43. The van der Waals surface area contributed by atoms with Crippen molar-refractivity contribution in [3.63, 3.8) is 0 Å². The smallest absolute Gasteiger partial charge is 0.331 e. The molecule has 0 saturated heterocycles. The topological polar surface area (TPSA) is 75.9 Å². The first kappa shape index (κ1) is 25.9. The minimum atomic E-state index is -1.02.